The van der Waals surface area contributed by atoms with Gasteiger partial charge in [0.1, 0.15) is 6.54 Å². The zero-order valence-electron chi connectivity index (χ0n) is 13.7. The van der Waals surface area contributed by atoms with E-state index < -0.39 is 0 Å². The normalized spacial score (nSPS) is 23.6. The van der Waals surface area contributed by atoms with E-state index in [0.717, 1.165) is 24.8 Å². The molecule has 2 fully saturated rings. The smallest absolute Gasteiger partial charge is 0.325 e. The second kappa shape index (κ2) is 7.53. The van der Waals surface area contributed by atoms with E-state index in [0.29, 0.717) is 18.2 Å². The Hall–Kier alpha value is -1.59. The van der Waals surface area contributed by atoms with E-state index in [1.54, 1.807) is 4.90 Å². The summed E-state index contributed by atoms with van der Waals surface area (Å²) in [5.41, 5.74) is 1.02. The molecule has 130 valence electrons. The van der Waals surface area contributed by atoms with Gasteiger partial charge in [-0.3, -0.25) is 9.59 Å². The van der Waals surface area contributed by atoms with Crippen LogP contribution in [0.2, 0.25) is 5.02 Å². The second-order valence-electron chi connectivity index (χ2n) is 6.36. The van der Waals surface area contributed by atoms with E-state index in [1.165, 1.54) is 7.11 Å². The van der Waals surface area contributed by atoms with Crippen molar-refractivity contribution in [3.05, 3.63) is 34.9 Å². The Kier molecular flexibility index (Phi) is 5.41. The molecule has 24 heavy (non-hydrogen) atoms. The van der Waals surface area contributed by atoms with Gasteiger partial charge in [-0.1, -0.05) is 29.8 Å². The molecule has 0 radical (unpaired) electrons. The maximum Gasteiger partial charge on any atom is 0.325 e. The van der Waals surface area contributed by atoms with Gasteiger partial charge in [0.05, 0.1) is 7.11 Å². The van der Waals surface area contributed by atoms with Crippen LogP contribution in [0, 0.1) is 5.92 Å². The Morgan fingerprint density at radius 2 is 2.00 bits per heavy atom. The first-order chi connectivity index (χ1) is 11.6. The Morgan fingerprint density at radius 1 is 1.29 bits per heavy atom. The number of methoxy groups -OCH3 is 1. The van der Waals surface area contributed by atoms with Gasteiger partial charge in [-0.2, -0.15) is 0 Å². The summed E-state index contributed by atoms with van der Waals surface area (Å²) in [6.45, 7) is 1.24. The van der Waals surface area contributed by atoms with E-state index in [2.05, 4.69) is 0 Å². The average Bonchev–Trinajstić information content (AvgIpc) is 3.40. The number of hydrogen-bond acceptors (Lipinski definition) is 4. The molecular weight excluding hydrogens is 330 g/mol. The van der Waals surface area contributed by atoms with Crippen LogP contribution in [0.3, 0.4) is 0 Å². The van der Waals surface area contributed by atoms with Gasteiger partial charge < -0.3 is 14.4 Å². The molecule has 1 aromatic rings. The molecule has 1 aromatic carbocycles. The molecule has 1 saturated carbocycles. The lowest BCUT2D eigenvalue weighted by Gasteiger charge is -2.33. The average molecular weight is 352 g/mol. The number of carbonyl (C=O) groups is 2. The molecule has 2 aliphatic rings. The highest BCUT2D eigenvalue weighted by Crippen LogP contribution is 2.50. The third-order valence-corrected chi connectivity index (χ3v) is 5.20. The van der Waals surface area contributed by atoms with Crippen molar-refractivity contribution in [2.45, 2.75) is 31.2 Å². The van der Waals surface area contributed by atoms with Gasteiger partial charge in [0, 0.05) is 30.2 Å². The van der Waals surface area contributed by atoms with Crippen LogP contribution in [-0.2, 0) is 19.1 Å². The molecule has 1 saturated heterocycles. The number of nitrogens with zero attached hydrogens (tertiary/aromatic N) is 1. The van der Waals surface area contributed by atoms with Crippen molar-refractivity contribution < 1.29 is 19.1 Å². The predicted octanol–water partition coefficient (Wildman–Crippen LogP) is 2.62. The Morgan fingerprint density at radius 3 is 2.67 bits per heavy atom. The van der Waals surface area contributed by atoms with Crippen LogP contribution in [0.15, 0.2) is 24.3 Å². The molecule has 0 N–H and O–H groups in total. The summed E-state index contributed by atoms with van der Waals surface area (Å²) < 4.78 is 10.1. The van der Waals surface area contributed by atoms with Crippen LogP contribution < -0.4 is 0 Å². The van der Waals surface area contributed by atoms with Crippen LogP contribution in [0.5, 0.6) is 0 Å². The fraction of sp³-hybridized carbons (Fsp3) is 0.556. The van der Waals surface area contributed by atoms with Crippen molar-refractivity contribution in [1.29, 1.82) is 0 Å². The van der Waals surface area contributed by atoms with Gasteiger partial charge in [-0.15, -0.1) is 0 Å². The number of esters is 1. The molecule has 1 aliphatic carbocycles. The lowest BCUT2D eigenvalue weighted by molar-refractivity contribution is -0.150. The van der Waals surface area contributed by atoms with Gasteiger partial charge >= 0.3 is 5.97 Å². The lowest BCUT2D eigenvalue weighted by Crippen LogP contribution is -2.47. The van der Waals surface area contributed by atoms with Crippen LogP contribution in [0.1, 0.15) is 30.7 Å². The maximum absolute atomic E-state index is 13.0. The first kappa shape index (κ1) is 17.2. The van der Waals surface area contributed by atoms with E-state index in [9.17, 15) is 9.59 Å². The van der Waals surface area contributed by atoms with Crippen molar-refractivity contribution in [2.24, 2.45) is 5.92 Å². The monoisotopic (exact) mass is 351 g/mol. The number of rotatable bonds is 5. The highest BCUT2D eigenvalue weighted by Gasteiger charge is 2.48. The van der Waals surface area contributed by atoms with Crippen LogP contribution >= 0.6 is 11.6 Å². The van der Waals surface area contributed by atoms with Crippen molar-refractivity contribution in [1.82, 2.24) is 4.90 Å². The molecule has 5 nitrogen and oxygen atoms in total. The molecular formula is C18H22ClNO4. The molecule has 0 aromatic heterocycles. The van der Waals surface area contributed by atoms with E-state index in [4.69, 9.17) is 21.1 Å². The van der Waals surface area contributed by atoms with Gasteiger partial charge in [-0.05, 0) is 36.8 Å². The molecule has 1 aliphatic heterocycles. The van der Waals surface area contributed by atoms with E-state index in [1.807, 2.05) is 24.3 Å². The van der Waals surface area contributed by atoms with E-state index in [-0.39, 0.29) is 36.3 Å². The fourth-order valence-corrected chi connectivity index (χ4v) is 3.66. The lowest BCUT2D eigenvalue weighted by atomic mass is 10.0. The summed E-state index contributed by atoms with van der Waals surface area (Å²) in [7, 11) is 1.35. The zero-order chi connectivity index (χ0) is 17.1. The predicted molar refractivity (Wildman–Crippen MR) is 89.9 cm³/mol. The van der Waals surface area contributed by atoms with Gasteiger partial charge in [-0.25, -0.2) is 0 Å². The third kappa shape index (κ3) is 3.73. The number of ether oxygens (including phenoxy) is 2. The largest absolute Gasteiger partial charge is 0.468 e. The van der Waals surface area contributed by atoms with Crippen molar-refractivity contribution >= 4 is 23.5 Å². The quantitative estimate of drug-likeness (QED) is 0.765. The zero-order valence-corrected chi connectivity index (χ0v) is 14.5. The number of benzene rings is 1. The number of carbonyl (C=O) groups excluding carboxylic acids is 2. The van der Waals surface area contributed by atoms with Gasteiger partial charge in [0.25, 0.3) is 0 Å². The topological polar surface area (TPSA) is 55.8 Å². The minimum atomic E-state index is -0.384. The Bertz CT molecular complexity index is 615. The molecule has 0 spiro atoms. The summed E-state index contributed by atoms with van der Waals surface area (Å²) in [4.78, 5) is 26.4. The minimum absolute atomic E-state index is 0.00570. The summed E-state index contributed by atoms with van der Waals surface area (Å²) >= 11 is 6.25. The fourth-order valence-electron chi connectivity index (χ4n) is 3.39. The van der Waals surface area contributed by atoms with Crippen LogP contribution in [-0.4, -0.2) is 49.7 Å². The summed E-state index contributed by atoms with van der Waals surface area (Å²) in [6, 6.07) is 7.68. The molecule has 2 atom stereocenters. The number of amides is 1. The highest BCUT2D eigenvalue weighted by molar-refractivity contribution is 6.31. The van der Waals surface area contributed by atoms with Crippen LogP contribution in [0.25, 0.3) is 0 Å². The Labute approximate surface area is 146 Å². The van der Waals surface area contributed by atoms with Gasteiger partial charge in [0.2, 0.25) is 5.91 Å². The van der Waals surface area contributed by atoms with E-state index >= 15 is 0 Å². The summed E-state index contributed by atoms with van der Waals surface area (Å²) in [5, 5.41) is 0.698. The number of hydrogen-bond donors (Lipinski definition) is 0. The summed E-state index contributed by atoms with van der Waals surface area (Å²) in [6.07, 6.45) is 2.29. The third-order valence-electron chi connectivity index (χ3n) is 4.85. The second-order valence-corrected chi connectivity index (χ2v) is 6.76. The molecule has 0 unspecified atom stereocenters. The van der Waals surface area contributed by atoms with Crippen molar-refractivity contribution in [3.63, 3.8) is 0 Å². The molecule has 3 rings (SSSR count). The Balaban J connectivity index is 1.72. The van der Waals surface area contributed by atoms with Crippen molar-refractivity contribution in [2.75, 3.05) is 26.9 Å². The first-order valence-electron chi connectivity index (χ1n) is 8.31. The molecule has 1 amide bonds. The maximum atomic E-state index is 13.0. The highest BCUT2D eigenvalue weighted by atomic mass is 35.5. The van der Waals surface area contributed by atoms with Crippen molar-refractivity contribution in [3.8, 4) is 0 Å². The SMILES string of the molecule is COC(=O)CN(C(=O)[C@H]1C[C@H]1c1ccccc1Cl)C1CCOCC1. The van der Waals surface area contributed by atoms with Crippen LogP contribution in [0.4, 0.5) is 0 Å². The minimum Gasteiger partial charge on any atom is -0.468 e. The van der Waals surface area contributed by atoms with Gasteiger partial charge in [0.15, 0.2) is 0 Å². The molecule has 0 bridgehead atoms. The first-order valence-corrected chi connectivity index (χ1v) is 8.69. The summed E-state index contributed by atoms with van der Waals surface area (Å²) in [5.74, 6) is -0.314. The number of halogens is 1. The molecule has 6 heteroatoms. The molecule has 1 heterocycles. The standard InChI is InChI=1S/C18H22ClNO4/c1-23-17(21)11-20(12-6-8-24-9-7-12)18(22)15-10-14(15)13-4-2-3-5-16(13)19/h2-5,12,14-15H,6-11H2,1H3/t14-,15-/m0/s1.